The molecule has 1 unspecified atom stereocenters. The summed E-state index contributed by atoms with van der Waals surface area (Å²) in [7, 11) is 1.70. The molecule has 1 aliphatic heterocycles. The molecule has 1 aromatic heterocycles. The van der Waals surface area contributed by atoms with E-state index in [0.29, 0.717) is 18.2 Å². The summed E-state index contributed by atoms with van der Waals surface area (Å²) >= 11 is 0. The fourth-order valence-electron chi connectivity index (χ4n) is 3.34. The van der Waals surface area contributed by atoms with E-state index in [4.69, 9.17) is 4.74 Å². The van der Waals surface area contributed by atoms with Gasteiger partial charge in [-0.2, -0.15) is 13.2 Å². The molecule has 1 aromatic carbocycles. The van der Waals surface area contributed by atoms with Gasteiger partial charge in [0.15, 0.2) is 0 Å². The number of benzene rings is 1. The first-order valence-electron chi connectivity index (χ1n) is 8.34. The van der Waals surface area contributed by atoms with Crippen LogP contribution in [0.15, 0.2) is 30.5 Å². The average molecular weight is 353 g/mol. The largest absolute Gasteiger partial charge is 0.416 e. The van der Waals surface area contributed by atoms with Crippen molar-refractivity contribution in [2.75, 3.05) is 44.8 Å². The Morgan fingerprint density at radius 2 is 1.88 bits per heavy atom. The van der Waals surface area contributed by atoms with Crippen molar-refractivity contribution < 1.29 is 17.9 Å². The minimum Gasteiger partial charge on any atom is -0.383 e. The van der Waals surface area contributed by atoms with Crippen molar-refractivity contribution in [1.29, 1.82) is 0 Å². The van der Waals surface area contributed by atoms with Gasteiger partial charge in [0, 0.05) is 56.6 Å². The normalized spacial score (nSPS) is 17.9. The molecule has 1 fully saturated rings. The van der Waals surface area contributed by atoms with E-state index in [2.05, 4.69) is 21.7 Å². The van der Waals surface area contributed by atoms with E-state index in [1.54, 1.807) is 13.3 Å². The molecule has 25 heavy (non-hydrogen) atoms. The van der Waals surface area contributed by atoms with E-state index < -0.39 is 11.7 Å². The summed E-state index contributed by atoms with van der Waals surface area (Å²) in [6, 6.07) is 6.01. The molecule has 1 aliphatic rings. The molecule has 0 amide bonds. The maximum absolute atomic E-state index is 12.9. The molecule has 0 N–H and O–H groups in total. The van der Waals surface area contributed by atoms with Crippen molar-refractivity contribution in [3.05, 3.63) is 36.0 Å². The van der Waals surface area contributed by atoms with E-state index in [1.807, 2.05) is 6.07 Å². The van der Waals surface area contributed by atoms with Gasteiger partial charge in [0.1, 0.15) is 0 Å². The first kappa shape index (κ1) is 17.9. The topological polar surface area (TPSA) is 28.6 Å². The van der Waals surface area contributed by atoms with Gasteiger partial charge in [0.2, 0.25) is 0 Å². The Morgan fingerprint density at radius 3 is 2.52 bits per heavy atom. The zero-order chi connectivity index (χ0) is 18.0. The number of aromatic nitrogens is 1. The van der Waals surface area contributed by atoms with E-state index in [1.165, 1.54) is 6.07 Å². The van der Waals surface area contributed by atoms with Crippen molar-refractivity contribution in [3.8, 4) is 0 Å². The summed E-state index contributed by atoms with van der Waals surface area (Å²) in [5, 5.41) is 0.758. The third-order valence-electron chi connectivity index (χ3n) is 4.73. The van der Waals surface area contributed by atoms with E-state index in [-0.39, 0.29) is 0 Å². The van der Waals surface area contributed by atoms with Crippen LogP contribution < -0.4 is 4.90 Å². The number of fused-ring (bicyclic) bond motifs is 1. The van der Waals surface area contributed by atoms with Crippen molar-refractivity contribution in [1.82, 2.24) is 9.88 Å². The molecule has 0 aliphatic carbocycles. The highest BCUT2D eigenvalue weighted by Gasteiger charge is 2.31. The maximum atomic E-state index is 12.9. The number of pyridine rings is 1. The van der Waals surface area contributed by atoms with Gasteiger partial charge in [-0.15, -0.1) is 0 Å². The Balaban J connectivity index is 1.81. The van der Waals surface area contributed by atoms with Crippen LogP contribution in [0.5, 0.6) is 0 Å². The molecular weight excluding hydrogens is 331 g/mol. The molecule has 7 heteroatoms. The first-order chi connectivity index (χ1) is 11.9. The number of rotatable bonds is 4. The van der Waals surface area contributed by atoms with Crippen molar-refractivity contribution in [2.24, 2.45) is 0 Å². The number of hydrogen-bond acceptors (Lipinski definition) is 4. The lowest BCUT2D eigenvalue weighted by atomic mass is 10.1. The Kier molecular flexibility index (Phi) is 5.15. The Bertz CT molecular complexity index is 727. The Hall–Kier alpha value is -1.86. The van der Waals surface area contributed by atoms with Gasteiger partial charge in [-0.3, -0.25) is 9.88 Å². The van der Waals surface area contributed by atoms with Crippen LogP contribution in [0.2, 0.25) is 0 Å². The van der Waals surface area contributed by atoms with Gasteiger partial charge in [-0.25, -0.2) is 0 Å². The molecule has 1 saturated heterocycles. The zero-order valence-electron chi connectivity index (χ0n) is 14.4. The minimum absolute atomic E-state index is 0.357. The molecule has 2 heterocycles. The van der Waals surface area contributed by atoms with Gasteiger partial charge in [-0.05, 0) is 25.1 Å². The molecule has 0 spiro atoms. The monoisotopic (exact) mass is 353 g/mol. The predicted molar refractivity (Wildman–Crippen MR) is 91.9 cm³/mol. The van der Waals surface area contributed by atoms with Crippen LogP contribution >= 0.6 is 0 Å². The number of ether oxygens (including phenoxy) is 1. The summed E-state index contributed by atoms with van der Waals surface area (Å²) in [4.78, 5) is 8.71. The number of nitrogens with zero attached hydrogens (tertiary/aromatic N) is 3. The van der Waals surface area contributed by atoms with Gasteiger partial charge in [0.25, 0.3) is 0 Å². The van der Waals surface area contributed by atoms with Crippen LogP contribution in [0.25, 0.3) is 10.9 Å². The van der Waals surface area contributed by atoms with Crippen LogP contribution in [0.4, 0.5) is 18.9 Å². The number of methoxy groups -OCH3 is 1. The standard InChI is InChI=1S/C18H22F3N3O/c1-13(12-25-2)23-7-9-24(10-8-23)17-5-6-22-16-11-14(18(19,20)21)3-4-15(16)17/h3-6,11,13H,7-10,12H2,1-2H3. The molecule has 4 nitrogen and oxygen atoms in total. The van der Waals surface area contributed by atoms with Crippen molar-refractivity contribution >= 4 is 16.6 Å². The molecule has 0 radical (unpaired) electrons. The molecule has 3 rings (SSSR count). The lowest BCUT2D eigenvalue weighted by molar-refractivity contribution is -0.137. The highest BCUT2D eigenvalue weighted by Crippen LogP contribution is 2.33. The van der Waals surface area contributed by atoms with Crippen LogP contribution in [-0.2, 0) is 10.9 Å². The first-order valence-corrected chi connectivity index (χ1v) is 8.34. The minimum atomic E-state index is -4.35. The molecule has 0 bridgehead atoms. The number of alkyl halides is 3. The highest BCUT2D eigenvalue weighted by atomic mass is 19.4. The van der Waals surface area contributed by atoms with Gasteiger partial charge in [-0.1, -0.05) is 6.07 Å². The highest BCUT2D eigenvalue weighted by molar-refractivity contribution is 5.92. The van der Waals surface area contributed by atoms with Crippen LogP contribution in [0.3, 0.4) is 0 Å². The molecule has 2 aromatic rings. The van der Waals surface area contributed by atoms with Crippen molar-refractivity contribution in [2.45, 2.75) is 19.1 Å². The second kappa shape index (κ2) is 7.17. The third-order valence-corrected chi connectivity index (χ3v) is 4.73. The molecule has 1 atom stereocenters. The molecule has 0 saturated carbocycles. The number of hydrogen-bond donors (Lipinski definition) is 0. The van der Waals surface area contributed by atoms with Gasteiger partial charge < -0.3 is 9.64 Å². The summed E-state index contributed by atoms with van der Waals surface area (Å²) in [5.74, 6) is 0. The fourth-order valence-corrected chi connectivity index (χ4v) is 3.34. The summed E-state index contributed by atoms with van der Waals surface area (Å²) in [6.45, 7) is 6.28. The van der Waals surface area contributed by atoms with Crippen LogP contribution in [-0.4, -0.2) is 55.8 Å². The quantitative estimate of drug-likeness (QED) is 0.842. The zero-order valence-corrected chi connectivity index (χ0v) is 14.4. The Labute approximate surface area is 145 Å². The average Bonchev–Trinajstić information content (AvgIpc) is 2.60. The maximum Gasteiger partial charge on any atom is 0.416 e. The van der Waals surface area contributed by atoms with Crippen LogP contribution in [0.1, 0.15) is 12.5 Å². The lowest BCUT2D eigenvalue weighted by Gasteiger charge is -2.39. The second-order valence-corrected chi connectivity index (χ2v) is 6.39. The fraction of sp³-hybridized carbons (Fsp3) is 0.500. The number of halogens is 3. The van der Waals surface area contributed by atoms with E-state index in [9.17, 15) is 13.2 Å². The lowest BCUT2D eigenvalue weighted by Crippen LogP contribution is -2.50. The molecule has 136 valence electrons. The summed E-state index contributed by atoms with van der Waals surface area (Å²) < 4.78 is 43.9. The SMILES string of the molecule is COCC(C)N1CCN(c2ccnc3cc(C(F)(F)F)ccc23)CC1. The van der Waals surface area contributed by atoms with Gasteiger partial charge >= 0.3 is 6.18 Å². The Morgan fingerprint density at radius 1 is 1.16 bits per heavy atom. The van der Waals surface area contributed by atoms with Gasteiger partial charge in [0.05, 0.1) is 17.7 Å². The van der Waals surface area contributed by atoms with E-state index in [0.717, 1.165) is 49.4 Å². The number of anilines is 1. The smallest absolute Gasteiger partial charge is 0.383 e. The third kappa shape index (κ3) is 3.88. The van der Waals surface area contributed by atoms with Crippen molar-refractivity contribution in [3.63, 3.8) is 0 Å². The van der Waals surface area contributed by atoms with E-state index >= 15 is 0 Å². The molecular formula is C18H22F3N3O. The predicted octanol–water partition coefficient (Wildman–Crippen LogP) is 3.41. The summed E-state index contributed by atoms with van der Waals surface area (Å²) in [6.07, 6.45) is -2.77. The second-order valence-electron chi connectivity index (χ2n) is 6.39. The number of piperazine rings is 1. The summed E-state index contributed by atoms with van der Waals surface area (Å²) in [5.41, 5.74) is 0.656. The van der Waals surface area contributed by atoms with Crippen LogP contribution in [0, 0.1) is 0 Å².